The van der Waals surface area contributed by atoms with Crippen molar-refractivity contribution >= 4 is 28.1 Å². The first kappa shape index (κ1) is 16.8. The topological polar surface area (TPSA) is 92.5 Å². The fourth-order valence-electron chi connectivity index (χ4n) is 2.08. The van der Waals surface area contributed by atoms with Crippen molar-refractivity contribution in [3.63, 3.8) is 0 Å². The van der Waals surface area contributed by atoms with E-state index >= 15 is 0 Å². The molecule has 7 nitrogen and oxygen atoms in total. The van der Waals surface area contributed by atoms with E-state index in [0.29, 0.717) is 19.6 Å². The molecule has 1 aliphatic heterocycles. The van der Waals surface area contributed by atoms with Crippen molar-refractivity contribution in [3.8, 4) is 0 Å². The van der Waals surface area contributed by atoms with Crippen LogP contribution >= 0.6 is 12.4 Å². The fourth-order valence-corrected chi connectivity index (χ4v) is 3.77. The number of piperazine rings is 1. The SMILES string of the molecule is C[C@H]1CN(S(=O)(=O)c2ccccc2[N+](=O)[O-])CCN1.Cl. The van der Waals surface area contributed by atoms with Crippen LogP contribution in [0.1, 0.15) is 6.92 Å². The molecule has 0 amide bonds. The average Bonchev–Trinajstić information content (AvgIpc) is 2.38. The third-order valence-corrected chi connectivity index (χ3v) is 4.92. The monoisotopic (exact) mass is 321 g/mol. The van der Waals surface area contributed by atoms with E-state index in [1.165, 1.54) is 28.6 Å². The van der Waals surface area contributed by atoms with Gasteiger partial charge in [0.25, 0.3) is 5.69 Å². The summed E-state index contributed by atoms with van der Waals surface area (Å²) in [5, 5.41) is 14.1. The van der Waals surface area contributed by atoms with E-state index < -0.39 is 14.9 Å². The van der Waals surface area contributed by atoms with Gasteiger partial charge in [0.05, 0.1) is 4.92 Å². The molecule has 1 saturated heterocycles. The second kappa shape index (κ2) is 6.49. The van der Waals surface area contributed by atoms with E-state index in [1.54, 1.807) is 0 Å². The fraction of sp³-hybridized carbons (Fsp3) is 0.455. The van der Waals surface area contributed by atoms with Gasteiger partial charge >= 0.3 is 0 Å². The van der Waals surface area contributed by atoms with Crippen LogP contribution in [0.5, 0.6) is 0 Å². The van der Waals surface area contributed by atoms with Crippen molar-refractivity contribution in [1.82, 2.24) is 9.62 Å². The number of hydrogen-bond donors (Lipinski definition) is 1. The first-order valence-electron chi connectivity index (χ1n) is 5.90. The Morgan fingerprint density at radius 1 is 1.40 bits per heavy atom. The molecular weight excluding hydrogens is 306 g/mol. The zero-order valence-electron chi connectivity index (χ0n) is 10.9. The summed E-state index contributed by atoms with van der Waals surface area (Å²) in [5.41, 5.74) is -0.381. The lowest BCUT2D eigenvalue weighted by Gasteiger charge is -2.30. The minimum absolute atomic E-state index is 0. The highest BCUT2D eigenvalue weighted by Gasteiger charge is 2.33. The summed E-state index contributed by atoms with van der Waals surface area (Å²) in [4.78, 5) is 10.0. The number of nitro benzene ring substituents is 1. The van der Waals surface area contributed by atoms with Crippen molar-refractivity contribution in [2.75, 3.05) is 19.6 Å². The average molecular weight is 322 g/mol. The van der Waals surface area contributed by atoms with Crippen LogP contribution in [0.25, 0.3) is 0 Å². The van der Waals surface area contributed by atoms with Crippen molar-refractivity contribution in [2.24, 2.45) is 0 Å². The van der Waals surface area contributed by atoms with Gasteiger partial charge in [-0.15, -0.1) is 12.4 Å². The number of hydrogen-bond acceptors (Lipinski definition) is 5. The van der Waals surface area contributed by atoms with Gasteiger partial charge in [0.15, 0.2) is 4.90 Å². The number of halogens is 1. The van der Waals surface area contributed by atoms with Crippen LogP contribution < -0.4 is 5.32 Å². The van der Waals surface area contributed by atoms with Crippen molar-refractivity contribution in [2.45, 2.75) is 17.9 Å². The zero-order valence-corrected chi connectivity index (χ0v) is 12.5. The van der Waals surface area contributed by atoms with Crippen LogP contribution in [-0.4, -0.2) is 43.3 Å². The summed E-state index contributed by atoms with van der Waals surface area (Å²) < 4.78 is 26.2. The van der Waals surface area contributed by atoms with E-state index in [0.717, 1.165) is 0 Å². The highest BCUT2D eigenvalue weighted by atomic mass is 35.5. The highest BCUT2D eigenvalue weighted by molar-refractivity contribution is 7.89. The largest absolute Gasteiger partial charge is 0.312 e. The minimum atomic E-state index is -3.82. The maximum atomic E-state index is 12.5. The summed E-state index contributed by atoms with van der Waals surface area (Å²) in [6.07, 6.45) is 0. The zero-order chi connectivity index (χ0) is 14.0. The molecule has 1 aliphatic rings. The third kappa shape index (κ3) is 3.26. The van der Waals surface area contributed by atoms with Gasteiger partial charge in [0.1, 0.15) is 0 Å². The van der Waals surface area contributed by atoms with Crippen LogP contribution in [0, 0.1) is 10.1 Å². The number of nitrogens with one attached hydrogen (secondary N) is 1. The van der Waals surface area contributed by atoms with Crippen LogP contribution in [0.3, 0.4) is 0 Å². The Morgan fingerprint density at radius 2 is 2.05 bits per heavy atom. The van der Waals surface area contributed by atoms with Crippen molar-refractivity contribution < 1.29 is 13.3 Å². The number of sulfonamides is 1. The summed E-state index contributed by atoms with van der Waals surface area (Å²) in [7, 11) is -3.82. The lowest BCUT2D eigenvalue weighted by Crippen LogP contribution is -2.51. The van der Waals surface area contributed by atoms with Crippen LogP contribution in [0.2, 0.25) is 0 Å². The smallest absolute Gasteiger partial charge is 0.289 e. The van der Waals surface area contributed by atoms with Gasteiger partial charge in [-0.1, -0.05) is 12.1 Å². The summed E-state index contributed by atoms with van der Waals surface area (Å²) in [5.74, 6) is 0. The van der Waals surface area contributed by atoms with E-state index in [-0.39, 0.29) is 29.0 Å². The number of nitro groups is 1. The molecule has 2 rings (SSSR count). The Morgan fingerprint density at radius 3 is 2.65 bits per heavy atom. The lowest BCUT2D eigenvalue weighted by molar-refractivity contribution is -0.387. The second-order valence-electron chi connectivity index (χ2n) is 4.44. The van der Waals surface area contributed by atoms with Crippen molar-refractivity contribution in [3.05, 3.63) is 34.4 Å². The molecule has 1 atom stereocenters. The molecule has 0 aromatic heterocycles. The maximum Gasteiger partial charge on any atom is 0.289 e. The van der Waals surface area contributed by atoms with E-state index in [4.69, 9.17) is 0 Å². The highest BCUT2D eigenvalue weighted by Crippen LogP contribution is 2.26. The number of rotatable bonds is 3. The van der Waals surface area contributed by atoms with E-state index in [2.05, 4.69) is 5.32 Å². The minimum Gasteiger partial charge on any atom is -0.312 e. The first-order chi connectivity index (χ1) is 8.93. The molecule has 0 spiro atoms. The summed E-state index contributed by atoms with van der Waals surface area (Å²) in [6, 6.07) is 5.47. The summed E-state index contributed by atoms with van der Waals surface area (Å²) in [6.45, 7) is 3.05. The normalized spacial score (nSPS) is 20.1. The van der Waals surface area contributed by atoms with Crippen LogP contribution in [0.4, 0.5) is 5.69 Å². The Bertz CT molecular complexity index is 593. The molecule has 0 bridgehead atoms. The van der Waals surface area contributed by atoms with Gasteiger partial charge < -0.3 is 5.32 Å². The Labute approximate surface area is 123 Å². The van der Waals surface area contributed by atoms with E-state index in [1.807, 2.05) is 6.92 Å². The Balaban J connectivity index is 0.00000200. The molecule has 1 heterocycles. The van der Waals surface area contributed by atoms with Gasteiger partial charge in [-0.25, -0.2) is 8.42 Å². The first-order valence-corrected chi connectivity index (χ1v) is 7.34. The molecule has 1 N–H and O–H groups in total. The van der Waals surface area contributed by atoms with Crippen LogP contribution in [0.15, 0.2) is 29.2 Å². The van der Waals surface area contributed by atoms with Gasteiger partial charge in [0.2, 0.25) is 10.0 Å². The molecular formula is C11H16ClN3O4S. The molecule has 0 aliphatic carbocycles. The number of para-hydroxylation sites is 1. The van der Waals surface area contributed by atoms with Gasteiger partial charge in [-0.2, -0.15) is 4.31 Å². The van der Waals surface area contributed by atoms with Gasteiger partial charge in [-0.05, 0) is 13.0 Å². The van der Waals surface area contributed by atoms with Gasteiger partial charge in [0, 0.05) is 31.7 Å². The molecule has 1 fully saturated rings. The second-order valence-corrected chi connectivity index (χ2v) is 6.35. The number of nitrogens with zero attached hydrogens (tertiary/aromatic N) is 2. The summed E-state index contributed by atoms with van der Waals surface area (Å²) >= 11 is 0. The molecule has 9 heteroatoms. The Hall–Kier alpha value is -1.22. The molecule has 1 aromatic carbocycles. The van der Waals surface area contributed by atoms with Crippen molar-refractivity contribution in [1.29, 1.82) is 0 Å². The third-order valence-electron chi connectivity index (χ3n) is 3.01. The molecule has 0 radical (unpaired) electrons. The predicted molar refractivity (Wildman–Crippen MR) is 76.6 cm³/mol. The molecule has 20 heavy (non-hydrogen) atoms. The quantitative estimate of drug-likeness (QED) is 0.662. The Kier molecular flexibility index (Phi) is 5.46. The molecule has 0 unspecified atom stereocenters. The molecule has 112 valence electrons. The van der Waals surface area contributed by atoms with E-state index in [9.17, 15) is 18.5 Å². The standard InChI is InChI=1S/C11H15N3O4S.ClH/c1-9-8-13(7-6-12-9)19(17,18)11-5-3-2-4-10(11)14(15)16;/h2-5,9,12H,6-8H2,1H3;1H/t9-;/m0./s1. The molecule has 1 aromatic rings. The lowest BCUT2D eigenvalue weighted by atomic mass is 10.3. The van der Waals surface area contributed by atoms with Crippen LogP contribution in [-0.2, 0) is 10.0 Å². The maximum absolute atomic E-state index is 12.5. The predicted octanol–water partition coefficient (Wildman–Crippen LogP) is 0.999. The van der Waals surface area contributed by atoms with Gasteiger partial charge in [-0.3, -0.25) is 10.1 Å². The number of benzene rings is 1. The molecule has 0 saturated carbocycles.